The van der Waals surface area contributed by atoms with Crippen molar-refractivity contribution in [3.05, 3.63) is 83.9 Å². The molecule has 0 aliphatic rings. The van der Waals surface area contributed by atoms with Crippen LogP contribution < -0.4 is 21.7 Å². The molecule has 0 saturated heterocycles. The molecule has 0 aliphatic heterocycles. The Morgan fingerprint density at radius 3 is 1.97 bits per heavy atom. The summed E-state index contributed by atoms with van der Waals surface area (Å²) in [5, 5.41) is 27.0. The van der Waals surface area contributed by atoms with Crippen LogP contribution in [0.1, 0.15) is 16.8 Å². The first-order chi connectivity index (χ1) is 18.2. The van der Waals surface area contributed by atoms with Gasteiger partial charge in [0, 0.05) is 31.2 Å². The van der Waals surface area contributed by atoms with E-state index < -0.39 is 41.8 Å². The lowest BCUT2D eigenvalue weighted by molar-refractivity contribution is -0.142. The Labute approximate surface area is 218 Å². The predicted molar refractivity (Wildman–Crippen MR) is 137 cm³/mol. The van der Waals surface area contributed by atoms with Crippen molar-refractivity contribution in [3.8, 4) is 5.75 Å². The molecule has 0 aliphatic carbocycles. The van der Waals surface area contributed by atoms with Gasteiger partial charge in [-0.1, -0.05) is 42.5 Å². The number of aliphatic carboxylic acids is 1. The number of aromatic nitrogens is 2. The smallest absolute Gasteiger partial charge is 0.326 e. The summed E-state index contributed by atoms with van der Waals surface area (Å²) in [6.45, 7) is -0.343. The van der Waals surface area contributed by atoms with Gasteiger partial charge in [0.2, 0.25) is 17.7 Å². The van der Waals surface area contributed by atoms with Gasteiger partial charge in [-0.3, -0.25) is 14.4 Å². The molecule has 0 radical (unpaired) electrons. The number of nitrogens with two attached hydrogens (primary N) is 1. The van der Waals surface area contributed by atoms with Gasteiger partial charge in [-0.25, -0.2) is 9.78 Å². The number of hydrogen-bond acceptors (Lipinski definition) is 7. The molecule has 1 heterocycles. The van der Waals surface area contributed by atoms with Crippen LogP contribution in [0.2, 0.25) is 0 Å². The molecule has 0 fully saturated rings. The van der Waals surface area contributed by atoms with Gasteiger partial charge in [-0.15, -0.1) is 0 Å². The minimum absolute atomic E-state index is 0.00284. The fourth-order valence-corrected chi connectivity index (χ4v) is 3.75. The number of rotatable bonds is 13. The van der Waals surface area contributed by atoms with Crippen LogP contribution >= 0.6 is 0 Å². The molecule has 8 N–H and O–H groups in total. The molecule has 3 rings (SSSR count). The maximum Gasteiger partial charge on any atom is 0.326 e. The Balaban J connectivity index is 1.81. The fraction of sp³-hybridized carbons (Fsp3) is 0.269. The van der Waals surface area contributed by atoms with Gasteiger partial charge in [0.25, 0.3) is 0 Å². The van der Waals surface area contributed by atoms with Gasteiger partial charge < -0.3 is 36.9 Å². The summed E-state index contributed by atoms with van der Waals surface area (Å²) in [5.41, 5.74) is 7.28. The molecule has 3 amide bonds. The molecule has 3 atom stereocenters. The van der Waals surface area contributed by atoms with Crippen molar-refractivity contribution in [2.24, 2.45) is 5.73 Å². The van der Waals surface area contributed by atoms with Crippen molar-refractivity contribution >= 4 is 23.7 Å². The Morgan fingerprint density at radius 1 is 0.816 bits per heavy atom. The lowest BCUT2D eigenvalue weighted by Gasteiger charge is -2.24. The zero-order valence-corrected chi connectivity index (χ0v) is 20.5. The number of amides is 3. The lowest BCUT2D eigenvalue weighted by atomic mass is 10.0. The largest absolute Gasteiger partial charge is 0.508 e. The van der Waals surface area contributed by atoms with Crippen molar-refractivity contribution in [2.75, 3.05) is 6.54 Å². The monoisotopic (exact) mass is 522 g/mol. The van der Waals surface area contributed by atoms with E-state index in [4.69, 9.17) is 5.73 Å². The second kappa shape index (κ2) is 13.6. The zero-order valence-electron chi connectivity index (χ0n) is 20.5. The number of aromatic amines is 1. The second-order valence-corrected chi connectivity index (χ2v) is 8.63. The Morgan fingerprint density at radius 2 is 1.39 bits per heavy atom. The lowest BCUT2D eigenvalue weighted by Crippen LogP contribution is -2.57. The number of carbonyl (C=O) groups is 4. The van der Waals surface area contributed by atoms with Crippen LogP contribution in [-0.4, -0.2) is 68.5 Å². The highest BCUT2D eigenvalue weighted by Crippen LogP contribution is 2.12. The van der Waals surface area contributed by atoms with Crippen LogP contribution in [0.3, 0.4) is 0 Å². The summed E-state index contributed by atoms with van der Waals surface area (Å²) in [6.07, 6.45) is 3.01. The number of phenolic OH excluding ortho intramolecular Hbond substituents is 1. The molecule has 0 saturated carbocycles. The van der Waals surface area contributed by atoms with Crippen molar-refractivity contribution in [1.82, 2.24) is 25.9 Å². The first-order valence-corrected chi connectivity index (χ1v) is 11.9. The third-order valence-corrected chi connectivity index (χ3v) is 5.72. The summed E-state index contributed by atoms with van der Waals surface area (Å²) in [4.78, 5) is 57.2. The molecule has 38 heavy (non-hydrogen) atoms. The van der Waals surface area contributed by atoms with Gasteiger partial charge in [0.15, 0.2) is 0 Å². The van der Waals surface area contributed by atoms with E-state index in [1.807, 2.05) is 0 Å². The number of phenols is 1. The van der Waals surface area contributed by atoms with Crippen molar-refractivity contribution in [3.63, 3.8) is 0 Å². The summed E-state index contributed by atoms with van der Waals surface area (Å²) in [6, 6.07) is 11.3. The van der Waals surface area contributed by atoms with E-state index in [1.165, 1.54) is 24.7 Å². The van der Waals surface area contributed by atoms with Crippen LogP contribution in [0.4, 0.5) is 0 Å². The summed E-state index contributed by atoms with van der Waals surface area (Å²) >= 11 is 0. The van der Waals surface area contributed by atoms with Gasteiger partial charge in [0.1, 0.15) is 23.9 Å². The standard InChI is InChI=1S/C26H30N6O6/c27-13-23(34)30-21(12-18-14-28-15-29-18)25(36)31-20(10-17-6-8-19(33)9-7-17)24(35)32-22(26(37)38)11-16-4-2-1-3-5-16/h1-9,14-15,20-22,33H,10-13,27H2,(H,28,29)(H,30,34)(H,31,36)(H,32,35)(H,37,38). The minimum Gasteiger partial charge on any atom is -0.508 e. The van der Waals surface area contributed by atoms with Gasteiger partial charge in [-0.05, 0) is 23.3 Å². The maximum absolute atomic E-state index is 13.3. The number of imidazole rings is 1. The number of nitrogens with zero attached hydrogens (tertiary/aromatic N) is 1. The molecule has 1 aromatic heterocycles. The zero-order chi connectivity index (χ0) is 27.5. The number of aromatic hydroxyl groups is 1. The molecule has 3 aromatic rings. The normalized spacial score (nSPS) is 13.1. The highest BCUT2D eigenvalue weighted by atomic mass is 16.4. The Hall–Kier alpha value is -4.71. The summed E-state index contributed by atoms with van der Waals surface area (Å²) in [5.74, 6) is -3.17. The average molecular weight is 523 g/mol. The molecule has 0 bridgehead atoms. The highest BCUT2D eigenvalue weighted by Gasteiger charge is 2.30. The Kier molecular flexibility index (Phi) is 9.94. The first kappa shape index (κ1) is 27.9. The van der Waals surface area contributed by atoms with E-state index >= 15 is 0 Å². The SMILES string of the molecule is NCC(=O)NC(Cc1cnc[nH]1)C(=O)NC(Cc1ccc(O)cc1)C(=O)NC(Cc1ccccc1)C(=O)O. The average Bonchev–Trinajstić information content (AvgIpc) is 3.42. The molecular weight excluding hydrogens is 492 g/mol. The van der Waals surface area contributed by atoms with E-state index in [0.29, 0.717) is 16.8 Å². The highest BCUT2D eigenvalue weighted by molar-refractivity contribution is 5.94. The Bertz CT molecular complexity index is 1220. The van der Waals surface area contributed by atoms with Crippen LogP contribution in [0.15, 0.2) is 67.1 Å². The molecule has 0 spiro atoms. The third kappa shape index (κ3) is 8.45. The van der Waals surface area contributed by atoms with E-state index in [2.05, 4.69) is 25.9 Å². The van der Waals surface area contributed by atoms with Gasteiger partial charge in [-0.2, -0.15) is 0 Å². The minimum atomic E-state index is -1.25. The van der Waals surface area contributed by atoms with Crippen LogP contribution in [0.25, 0.3) is 0 Å². The van der Waals surface area contributed by atoms with Crippen molar-refractivity contribution < 1.29 is 29.4 Å². The summed E-state index contributed by atoms with van der Waals surface area (Å²) < 4.78 is 0. The van der Waals surface area contributed by atoms with Crippen molar-refractivity contribution in [2.45, 2.75) is 37.4 Å². The van der Waals surface area contributed by atoms with Crippen LogP contribution in [0.5, 0.6) is 5.75 Å². The number of carboxylic acid groups (broad SMARTS) is 1. The van der Waals surface area contributed by atoms with Crippen LogP contribution in [0, 0.1) is 0 Å². The van der Waals surface area contributed by atoms with Crippen LogP contribution in [-0.2, 0) is 38.4 Å². The number of benzene rings is 2. The van der Waals surface area contributed by atoms with E-state index in [9.17, 15) is 29.4 Å². The first-order valence-electron chi connectivity index (χ1n) is 11.9. The van der Waals surface area contributed by atoms with Crippen molar-refractivity contribution in [1.29, 1.82) is 0 Å². The second-order valence-electron chi connectivity index (χ2n) is 8.63. The molecule has 200 valence electrons. The topological polar surface area (TPSA) is 200 Å². The number of hydrogen-bond donors (Lipinski definition) is 7. The van der Waals surface area contributed by atoms with Gasteiger partial charge >= 0.3 is 5.97 Å². The number of nitrogens with one attached hydrogen (secondary N) is 4. The molecular formula is C26H30N6O6. The number of carboxylic acids is 1. The molecule has 12 nitrogen and oxygen atoms in total. The van der Waals surface area contributed by atoms with E-state index in [1.54, 1.807) is 42.5 Å². The molecule has 3 unspecified atom stereocenters. The van der Waals surface area contributed by atoms with E-state index in [0.717, 1.165) is 0 Å². The molecule has 2 aromatic carbocycles. The third-order valence-electron chi connectivity index (χ3n) is 5.72. The number of carbonyl (C=O) groups excluding carboxylic acids is 3. The maximum atomic E-state index is 13.3. The quantitative estimate of drug-likeness (QED) is 0.158. The summed E-state index contributed by atoms with van der Waals surface area (Å²) in [7, 11) is 0. The number of H-pyrrole nitrogens is 1. The molecule has 12 heteroatoms. The van der Waals surface area contributed by atoms with E-state index in [-0.39, 0.29) is 31.6 Å². The van der Waals surface area contributed by atoms with Gasteiger partial charge in [0.05, 0.1) is 12.9 Å². The fourth-order valence-electron chi connectivity index (χ4n) is 3.75. The predicted octanol–water partition coefficient (Wildman–Crippen LogP) is -0.359.